The lowest BCUT2D eigenvalue weighted by atomic mass is 9.88. The summed E-state index contributed by atoms with van der Waals surface area (Å²) in [7, 11) is 2.20. The normalized spacial score (nSPS) is 25.1. The van der Waals surface area contributed by atoms with Crippen molar-refractivity contribution in [3.63, 3.8) is 0 Å². The standard InChI is InChI=1S/C25H32FN3O/c1-25(30,18-7-9-19(26)10-8-18)12-4-13-28-14-11-22-21(17-28)20-5-3-6-23-24(20)29(22)16-15-27(23)2/h3,5-10,21-22,30H,4,11-17H2,1-2H3. The topological polar surface area (TPSA) is 30.0 Å². The molecule has 3 unspecified atom stereocenters. The van der Waals surface area contributed by atoms with Crippen molar-refractivity contribution < 1.29 is 9.50 Å². The van der Waals surface area contributed by atoms with Gasteiger partial charge in [-0.25, -0.2) is 4.39 Å². The van der Waals surface area contributed by atoms with Gasteiger partial charge in [-0.05, 0) is 62.1 Å². The van der Waals surface area contributed by atoms with E-state index in [1.54, 1.807) is 12.1 Å². The van der Waals surface area contributed by atoms with E-state index in [-0.39, 0.29) is 5.82 Å². The third-order valence-electron chi connectivity index (χ3n) is 7.49. The largest absolute Gasteiger partial charge is 0.385 e. The number of piperidine rings is 1. The summed E-state index contributed by atoms with van der Waals surface area (Å²) in [5.41, 5.74) is 4.25. The van der Waals surface area contributed by atoms with Crippen molar-refractivity contribution in [3.05, 3.63) is 59.4 Å². The van der Waals surface area contributed by atoms with Gasteiger partial charge in [0.15, 0.2) is 0 Å². The molecule has 0 saturated carbocycles. The zero-order chi connectivity index (χ0) is 20.9. The first-order valence-corrected chi connectivity index (χ1v) is 11.3. The van der Waals surface area contributed by atoms with E-state index < -0.39 is 5.60 Å². The number of likely N-dealkylation sites (N-methyl/N-ethyl adjacent to an activating group) is 1. The molecule has 1 fully saturated rings. The molecular formula is C25H32FN3O. The van der Waals surface area contributed by atoms with E-state index >= 15 is 0 Å². The predicted molar refractivity (Wildman–Crippen MR) is 120 cm³/mol. The number of nitrogens with zero attached hydrogens (tertiary/aromatic N) is 3. The minimum atomic E-state index is -0.916. The monoisotopic (exact) mass is 409 g/mol. The van der Waals surface area contributed by atoms with Crippen molar-refractivity contribution in [3.8, 4) is 0 Å². The highest BCUT2D eigenvalue weighted by Gasteiger charge is 2.44. The van der Waals surface area contributed by atoms with Gasteiger partial charge in [-0.15, -0.1) is 0 Å². The number of fused-ring (bicyclic) bond motifs is 3. The smallest absolute Gasteiger partial charge is 0.123 e. The Bertz CT molecular complexity index is 913. The van der Waals surface area contributed by atoms with Crippen molar-refractivity contribution in [1.82, 2.24) is 4.90 Å². The molecule has 0 spiro atoms. The van der Waals surface area contributed by atoms with Gasteiger partial charge in [0.1, 0.15) is 5.82 Å². The molecule has 2 aromatic carbocycles. The summed E-state index contributed by atoms with van der Waals surface area (Å²) < 4.78 is 13.2. The summed E-state index contributed by atoms with van der Waals surface area (Å²) in [5, 5.41) is 10.9. The molecule has 3 atom stereocenters. The zero-order valence-corrected chi connectivity index (χ0v) is 18.0. The van der Waals surface area contributed by atoms with Crippen molar-refractivity contribution in [2.75, 3.05) is 49.6 Å². The molecule has 0 aliphatic carbocycles. The number of benzene rings is 2. The zero-order valence-electron chi connectivity index (χ0n) is 18.0. The van der Waals surface area contributed by atoms with Gasteiger partial charge in [0.05, 0.1) is 17.0 Å². The van der Waals surface area contributed by atoms with Crippen LogP contribution in [0.3, 0.4) is 0 Å². The van der Waals surface area contributed by atoms with Gasteiger partial charge in [-0.1, -0.05) is 24.3 Å². The summed E-state index contributed by atoms with van der Waals surface area (Å²) in [6.45, 7) is 7.28. The quantitative estimate of drug-likeness (QED) is 0.810. The average Bonchev–Trinajstić information content (AvgIpc) is 3.05. The van der Waals surface area contributed by atoms with E-state index in [4.69, 9.17) is 0 Å². The molecule has 160 valence electrons. The Hall–Kier alpha value is -2.11. The Kier molecular flexibility index (Phi) is 4.98. The number of aliphatic hydroxyl groups is 1. The summed E-state index contributed by atoms with van der Waals surface area (Å²) in [5.74, 6) is 0.319. The van der Waals surface area contributed by atoms with Gasteiger partial charge < -0.3 is 19.8 Å². The first-order valence-electron chi connectivity index (χ1n) is 11.3. The fraction of sp³-hybridized carbons (Fsp3) is 0.520. The lowest BCUT2D eigenvalue weighted by molar-refractivity contribution is 0.0409. The average molecular weight is 410 g/mol. The number of anilines is 2. The van der Waals surface area contributed by atoms with E-state index in [0.717, 1.165) is 44.7 Å². The molecule has 1 saturated heterocycles. The molecule has 0 amide bonds. The molecule has 3 heterocycles. The number of para-hydroxylation sites is 1. The van der Waals surface area contributed by atoms with E-state index in [0.29, 0.717) is 18.4 Å². The molecule has 1 N–H and O–H groups in total. The van der Waals surface area contributed by atoms with Crippen LogP contribution >= 0.6 is 0 Å². The maximum Gasteiger partial charge on any atom is 0.123 e. The van der Waals surface area contributed by atoms with Gasteiger partial charge in [0.25, 0.3) is 0 Å². The molecule has 5 rings (SSSR count). The predicted octanol–water partition coefficient (Wildman–Crippen LogP) is 3.94. The van der Waals surface area contributed by atoms with Crippen molar-refractivity contribution in [2.24, 2.45) is 0 Å². The first kappa shape index (κ1) is 19.8. The molecule has 0 radical (unpaired) electrons. The van der Waals surface area contributed by atoms with E-state index in [2.05, 4.69) is 39.9 Å². The van der Waals surface area contributed by atoms with Crippen LogP contribution in [0.5, 0.6) is 0 Å². The SMILES string of the molecule is CN1CCN2c3c(cccc31)C1CN(CCCC(C)(O)c3ccc(F)cc3)CCC12. The molecule has 5 heteroatoms. The minimum absolute atomic E-state index is 0.262. The maximum atomic E-state index is 13.2. The highest BCUT2D eigenvalue weighted by atomic mass is 19.1. The third kappa shape index (κ3) is 3.38. The summed E-state index contributed by atoms with van der Waals surface area (Å²) in [6.07, 6.45) is 2.82. The second kappa shape index (κ2) is 7.54. The Morgan fingerprint density at radius 3 is 2.70 bits per heavy atom. The Morgan fingerprint density at radius 2 is 1.90 bits per heavy atom. The summed E-state index contributed by atoms with van der Waals surface area (Å²) in [6, 6.07) is 13.7. The number of likely N-dealkylation sites (tertiary alicyclic amines) is 1. The van der Waals surface area contributed by atoms with Crippen molar-refractivity contribution in [1.29, 1.82) is 0 Å². The van der Waals surface area contributed by atoms with Crippen LogP contribution in [0.15, 0.2) is 42.5 Å². The maximum absolute atomic E-state index is 13.2. The molecule has 4 nitrogen and oxygen atoms in total. The van der Waals surface area contributed by atoms with Crippen LogP contribution in [0.4, 0.5) is 15.8 Å². The lowest BCUT2D eigenvalue weighted by Crippen LogP contribution is -2.49. The van der Waals surface area contributed by atoms with Gasteiger partial charge in [0, 0.05) is 45.2 Å². The molecule has 2 aromatic rings. The highest BCUT2D eigenvalue weighted by molar-refractivity contribution is 5.80. The fourth-order valence-corrected chi connectivity index (χ4v) is 5.78. The Labute approximate surface area is 178 Å². The summed E-state index contributed by atoms with van der Waals surface area (Å²) in [4.78, 5) is 7.64. The van der Waals surface area contributed by atoms with E-state index in [1.165, 1.54) is 35.5 Å². The number of hydrogen-bond acceptors (Lipinski definition) is 4. The second-order valence-corrected chi connectivity index (χ2v) is 9.48. The van der Waals surface area contributed by atoms with Gasteiger partial charge in [-0.3, -0.25) is 0 Å². The third-order valence-corrected chi connectivity index (χ3v) is 7.49. The Balaban J connectivity index is 1.23. The van der Waals surface area contributed by atoms with Crippen LogP contribution in [0.25, 0.3) is 0 Å². The summed E-state index contributed by atoms with van der Waals surface area (Å²) >= 11 is 0. The van der Waals surface area contributed by atoms with E-state index in [1.807, 2.05) is 6.92 Å². The van der Waals surface area contributed by atoms with Crippen molar-refractivity contribution >= 4 is 11.4 Å². The molecule has 0 bridgehead atoms. The van der Waals surface area contributed by atoms with Crippen LogP contribution in [-0.4, -0.2) is 55.8 Å². The van der Waals surface area contributed by atoms with Gasteiger partial charge in [-0.2, -0.15) is 0 Å². The highest BCUT2D eigenvalue weighted by Crippen LogP contribution is 2.50. The first-order chi connectivity index (χ1) is 14.4. The second-order valence-electron chi connectivity index (χ2n) is 9.48. The van der Waals surface area contributed by atoms with Crippen LogP contribution < -0.4 is 9.80 Å². The van der Waals surface area contributed by atoms with E-state index in [9.17, 15) is 9.50 Å². The Morgan fingerprint density at radius 1 is 1.10 bits per heavy atom. The van der Waals surface area contributed by atoms with Crippen molar-refractivity contribution in [2.45, 2.75) is 43.7 Å². The minimum Gasteiger partial charge on any atom is -0.385 e. The molecule has 3 aliphatic heterocycles. The van der Waals surface area contributed by atoms with Crippen LogP contribution in [0.1, 0.15) is 43.2 Å². The number of halogens is 1. The van der Waals surface area contributed by atoms with Gasteiger partial charge in [0.2, 0.25) is 0 Å². The van der Waals surface area contributed by atoms with Gasteiger partial charge >= 0.3 is 0 Å². The molecule has 3 aliphatic rings. The molecular weight excluding hydrogens is 377 g/mol. The molecule has 0 aromatic heterocycles. The van der Waals surface area contributed by atoms with Crippen LogP contribution in [-0.2, 0) is 5.60 Å². The van der Waals surface area contributed by atoms with Crippen LogP contribution in [0, 0.1) is 5.82 Å². The molecule has 30 heavy (non-hydrogen) atoms. The number of rotatable bonds is 5. The fourth-order valence-electron chi connectivity index (χ4n) is 5.78. The number of hydrogen-bond donors (Lipinski definition) is 1. The lowest BCUT2D eigenvalue weighted by Gasteiger charge is -2.41. The van der Waals surface area contributed by atoms with Crippen LogP contribution in [0.2, 0.25) is 0 Å².